The van der Waals surface area contributed by atoms with Gasteiger partial charge in [-0.15, -0.1) is 0 Å². The molecule has 15 rings (SSSR count). The maximum Gasteiger partial charge on any atom is 0.417 e. The van der Waals surface area contributed by atoms with Crippen molar-refractivity contribution in [3.05, 3.63) is 253 Å². The Morgan fingerprint density at radius 2 is 0.753 bits per heavy atom. The number of hydrogen-bond donors (Lipinski definition) is 0. The number of halogens is 3. The number of rotatable bonds is 6. The molecule has 364 valence electrons. The van der Waals surface area contributed by atoms with Crippen molar-refractivity contribution in [1.29, 1.82) is 5.26 Å². The highest BCUT2D eigenvalue weighted by molar-refractivity contribution is 6.21. The maximum absolute atomic E-state index is 15.2. The topological polar surface area (TPSA) is 43.5 Å². The van der Waals surface area contributed by atoms with Crippen LogP contribution in [0.15, 0.2) is 237 Å². The molecular weight excluding hydrogens is 956 g/mol. The number of aryl methyl sites for hydroxylation is 1. The van der Waals surface area contributed by atoms with Crippen molar-refractivity contribution in [3.8, 4) is 51.1 Å². The van der Waals surface area contributed by atoms with E-state index in [9.17, 15) is 5.26 Å². The van der Waals surface area contributed by atoms with E-state index in [-0.39, 0.29) is 5.56 Å². The fraction of sp³-hybridized carbons (Fsp3) is 0.0290. The lowest BCUT2D eigenvalue weighted by atomic mass is 9.91. The number of nitriles is 1. The molecule has 0 saturated carbocycles. The smallest absolute Gasteiger partial charge is 0.309 e. The SMILES string of the molecule is Cc1cccc(C(F)(F)F)c1-c1ccc(-c2ccc(C#N)cc2-n2c3ccccc3c3cc4c5ccccc5n(-c5ccccc5)c4cc32)c(-n2c3ccccc3c3cc4c5ccccc5n(-c5ccccc5)c4cc32)c1. The zero-order valence-electron chi connectivity index (χ0n) is 41.4. The van der Waals surface area contributed by atoms with Gasteiger partial charge in [-0.2, -0.15) is 18.4 Å². The Labute approximate surface area is 439 Å². The Bertz CT molecular complexity index is 4990. The Morgan fingerprint density at radius 1 is 0.351 bits per heavy atom. The summed E-state index contributed by atoms with van der Waals surface area (Å²) in [5.74, 6) is 0. The first-order valence-corrected chi connectivity index (χ1v) is 25.6. The number of fused-ring (bicyclic) bond motifs is 12. The van der Waals surface area contributed by atoms with Crippen molar-refractivity contribution in [2.24, 2.45) is 0 Å². The zero-order valence-corrected chi connectivity index (χ0v) is 41.4. The van der Waals surface area contributed by atoms with Gasteiger partial charge in [0.15, 0.2) is 0 Å². The highest BCUT2D eigenvalue weighted by atomic mass is 19.4. The minimum atomic E-state index is -4.61. The Hall–Kier alpha value is -10.1. The molecule has 4 heterocycles. The van der Waals surface area contributed by atoms with Gasteiger partial charge >= 0.3 is 6.18 Å². The monoisotopic (exact) mass is 997 g/mol. The summed E-state index contributed by atoms with van der Waals surface area (Å²) in [6.07, 6.45) is -4.61. The summed E-state index contributed by atoms with van der Waals surface area (Å²) in [6.45, 7) is 1.74. The van der Waals surface area contributed by atoms with Crippen LogP contribution in [0, 0.1) is 18.3 Å². The van der Waals surface area contributed by atoms with Crippen molar-refractivity contribution >= 4 is 87.2 Å². The van der Waals surface area contributed by atoms with E-state index in [1.54, 1.807) is 13.0 Å². The zero-order chi connectivity index (χ0) is 51.7. The largest absolute Gasteiger partial charge is 0.417 e. The van der Waals surface area contributed by atoms with Crippen LogP contribution >= 0.6 is 0 Å². The Morgan fingerprint density at radius 3 is 1.21 bits per heavy atom. The van der Waals surface area contributed by atoms with Gasteiger partial charge < -0.3 is 18.3 Å². The van der Waals surface area contributed by atoms with Gasteiger partial charge in [-0.25, -0.2) is 0 Å². The third-order valence-corrected chi connectivity index (χ3v) is 15.7. The molecule has 77 heavy (non-hydrogen) atoms. The highest BCUT2D eigenvalue weighted by Gasteiger charge is 2.35. The minimum absolute atomic E-state index is 0.125. The first kappa shape index (κ1) is 44.4. The lowest BCUT2D eigenvalue weighted by Gasteiger charge is -2.21. The fourth-order valence-corrected chi connectivity index (χ4v) is 12.5. The molecule has 11 aromatic carbocycles. The van der Waals surface area contributed by atoms with Gasteiger partial charge in [-0.3, -0.25) is 0 Å². The summed E-state index contributed by atoms with van der Waals surface area (Å²) in [6, 6.07) is 81.8. The molecule has 5 nitrogen and oxygen atoms in total. The summed E-state index contributed by atoms with van der Waals surface area (Å²) in [7, 11) is 0. The summed E-state index contributed by atoms with van der Waals surface area (Å²) in [5.41, 5.74) is 13.7. The van der Waals surface area contributed by atoms with Gasteiger partial charge in [0.25, 0.3) is 0 Å². The van der Waals surface area contributed by atoms with Gasteiger partial charge in [0, 0.05) is 65.6 Å². The van der Waals surface area contributed by atoms with Gasteiger partial charge in [0.2, 0.25) is 0 Å². The van der Waals surface area contributed by atoms with Gasteiger partial charge in [0.05, 0.1) is 72.7 Å². The third-order valence-electron chi connectivity index (χ3n) is 15.7. The number of nitrogens with zero attached hydrogens (tertiary/aromatic N) is 5. The molecule has 8 heteroatoms. The fourth-order valence-electron chi connectivity index (χ4n) is 12.5. The molecule has 0 unspecified atom stereocenters. The van der Waals surface area contributed by atoms with Crippen LogP contribution in [-0.2, 0) is 6.18 Å². The van der Waals surface area contributed by atoms with E-state index in [4.69, 9.17) is 0 Å². The molecule has 15 aromatic rings. The van der Waals surface area contributed by atoms with Crippen molar-refractivity contribution in [3.63, 3.8) is 0 Å². The quantitative estimate of drug-likeness (QED) is 0.164. The predicted octanol–water partition coefficient (Wildman–Crippen LogP) is 18.6. The molecule has 0 spiro atoms. The molecule has 0 aliphatic heterocycles. The van der Waals surface area contributed by atoms with Crippen molar-refractivity contribution in [2.75, 3.05) is 0 Å². The van der Waals surface area contributed by atoms with Crippen LogP contribution in [0.2, 0.25) is 0 Å². The van der Waals surface area contributed by atoms with E-state index in [1.165, 1.54) is 12.1 Å². The molecule has 0 radical (unpaired) electrons. The van der Waals surface area contributed by atoms with Crippen LogP contribution in [0.25, 0.3) is 132 Å². The van der Waals surface area contributed by atoms with Crippen LogP contribution in [0.1, 0.15) is 16.7 Å². The van der Waals surface area contributed by atoms with E-state index >= 15 is 13.2 Å². The number of hydrogen-bond acceptors (Lipinski definition) is 1. The Balaban J connectivity index is 1.08. The number of aromatic nitrogens is 4. The lowest BCUT2D eigenvalue weighted by Crippen LogP contribution is -2.08. The molecule has 0 saturated heterocycles. The summed E-state index contributed by atoms with van der Waals surface area (Å²) < 4.78 is 54.8. The van der Waals surface area contributed by atoms with E-state index in [1.807, 2.05) is 78.9 Å². The molecule has 0 atom stereocenters. The van der Waals surface area contributed by atoms with Crippen LogP contribution in [0.5, 0.6) is 0 Å². The van der Waals surface area contributed by atoms with Crippen molar-refractivity contribution < 1.29 is 13.2 Å². The van der Waals surface area contributed by atoms with E-state index in [0.717, 1.165) is 115 Å². The van der Waals surface area contributed by atoms with Crippen molar-refractivity contribution in [1.82, 2.24) is 18.3 Å². The first-order chi connectivity index (χ1) is 37.7. The lowest BCUT2D eigenvalue weighted by molar-refractivity contribution is -0.137. The third kappa shape index (κ3) is 6.60. The summed E-state index contributed by atoms with van der Waals surface area (Å²) >= 11 is 0. The number of para-hydroxylation sites is 6. The normalized spacial score (nSPS) is 12.1. The van der Waals surface area contributed by atoms with E-state index in [0.29, 0.717) is 22.4 Å². The minimum Gasteiger partial charge on any atom is -0.309 e. The van der Waals surface area contributed by atoms with Crippen LogP contribution < -0.4 is 0 Å². The van der Waals surface area contributed by atoms with E-state index in [2.05, 4.69) is 164 Å². The average molecular weight is 998 g/mol. The molecule has 0 fully saturated rings. The number of benzene rings is 11. The van der Waals surface area contributed by atoms with E-state index < -0.39 is 11.7 Å². The second kappa shape index (κ2) is 16.7. The molecule has 0 bridgehead atoms. The second-order valence-electron chi connectivity index (χ2n) is 19.9. The summed E-state index contributed by atoms with van der Waals surface area (Å²) in [4.78, 5) is 0. The summed E-state index contributed by atoms with van der Waals surface area (Å²) in [5, 5.41) is 19.3. The maximum atomic E-state index is 15.2. The highest BCUT2D eigenvalue weighted by Crippen LogP contribution is 2.47. The van der Waals surface area contributed by atoms with Crippen LogP contribution in [-0.4, -0.2) is 18.3 Å². The second-order valence-corrected chi connectivity index (χ2v) is 19.9. The number of alkyl halides is 3. The first-order valence-electron chi connectivity index (χ1n) is 25.6. The Kier molecular flexibility index (Phi) is 9.63. The molecular formula is C69H42F3N5. The molecule has 0 N–H and O–H groups in total. The predicted molar refractivity (Wildman–Crippen MR) is 309 cm³/mol. The molecule has 4 aromatic heterocycles. The molecule has 0 amide bonds. The van der Waals surface area contributed by atoms with Crippen molar-refractivity contribution in [2.45, 2.75) is 13.1 Å². The van der Waals surface area contributed by atoms with Gasteiger partial charge in [-0.1, -0.05) is 140 Å². The van der Waals surface area contributed by atoms with Crippen LogP contribution in [0.3, 0.4) is 0 Å². The van der Waals surface area contributed by atoms with Gasteiger partial charge in [-0.05, 0) is 121 Å². The van der Waals surface area contributed by atoms with Crippen LogP contribution in [0.4, 0.5) is 13.2 Å². The molecule has 0 aliphatic carbocycles. The average Bonchev–Trinajstić information content (AvgIpc) is 4.22. The standard InChI is InChI=1S/C69H42F3N5/c1-42-17-16-26-57(69(70,71)72)68(42)44-32-34-52(63(36-44)77-61-30-15-11-25-50(61)56-38-54-48-23-9-13-28-59(48)75(65(54)40-67(56)77)46-20-6-3-7-21-46)51-33-31-43(41-73)35-62(51)76-60-29-14-10-24-49(60)55-37-53-47-22-8-12-27-58(47)74(64(53)39-66(55)76)45-18-4-2-5-19-45/h2-40H,1H3. The molecule has 0 aliphatic rings. The van der Waals surface area contributed by atoms with Gasteiger partial charge in [0.1, 0.15) is 0 Å².